The first-order chi connectivity index (χ1) is 10.5. The molecule has 0 heterocycles. The average molecular weight is 340 g/mol. The average Bonchev–Trinajstić information content (AvgIpc) is 2.45. The van der Waals surface area contributed by atoms with Crippen LogP contribution in [0.5, 0.6) is 0 Å². The summed E-state index contributed by atoms with van der Waals surface area (Å²) in [5.74, 6) is 0. The number of rotatable bonds is 2. The predicted octanol–water partition coefficient (Wildman–Crippen LogP) is 6.33. The summed E-state index contributed by atoms with van der Waals surface area (Å²) in [4.78, 5) is 0. The molecule has 0 fully saturated rings. The Kier molecular flexibility index (Phi) is 4.37. The van der Waals surface area contributed by atoms with Gasteiger partial charge in [0.05, 0.1) is 11.1 Å². The van der Waals surface area contributed by atoms with Crippen LogP contribution in [-0.2, 0) is 12.4 Å². The van der Waals surface area contributed by atoms with Crippen LogP contribution in [0.3, 0.4) is 0 Å². The van der Waals surface area contributed by atoms with E-state index in [2.05, 4.69) is 0 Å². The predicted molar refractivity (Wildman–Crippen MR) is 66.8 cm³/mol. The van der Waals surface area contributed by atoms with Gasteiger partial charge in [-0.3, -0.25) is 0 Å². The second-order valence-corrected chi connectivity index (χ2v) is 4.68. The maximum absolute atomic E-state index is 13.0. The molecule has 0 aliphatic heterocycles. The maximum atomic E-state index is 13.0. The lowest BCUT2D eigenvalue weighted by Crippen LogP contribution is -2.06. The van der Waals surface area contributed by atoms with Gasteiger partial charge >= 0.3 is 12.4 Å². The van der Waals surface area contributed by atoms with Gasteiger partial charge in [0.2, 0.25) is 0 Å². The highest BCUT2D eigenvalue weighted by Crippen LogP contribution is 2.38. The Morgan fingerprint density at radius 3 is 1.57 bits per heavy atom. The molecule has 8 heteroatoms. The summed E-state index contributed by atoms with van der Waals surface area (Å²) in [5, 5.41) is 0. The smallest absolute Gasteiger partial charge is 0.205 e. The number of halogens is 8. The topological polar surface area (TPSA) is 0 Å². The highest BCUT2D eigenvalue weighted by atomic mass is 19.4. The van der Waals surface area contributed by atoms with Crippen molar-refractivity contribution in [2.75, 3.05) is 0 Å². The van der Waals surface area contributed by atoms with E-state index < -0.39 is 35.5 Å². The first-order valence-corrected chi connectivity index (χ1v) is 6.17. The van der Waals surface area contributed by atoms with Gasteiger partial charge in [0.25, 0.3) is 6.43 Å². The molecule has 0 saturated heterocycles. The van der Waals surface area contributed by atoms with E-state index in [-0.39, 0.29) is 11.1 Å². The molecule has 0 unspecified atom stereocenters. The van der Waals surface area contributed by atoms with Crippen molar-refractivity contribution >= 4 is 0 Å². The minimum absolute atomic E-state index is 0.0259. The molecule has 0 aliphatic carbocycles. The molecule has 2 aromatic carbocycles. The van der Waals surface area contributed by atoms with E-state index in [1.165, 1.54) is 0 Å². The zero-order valence-electron chi connectivity index (χ0n) is 11.1. The lowest BCUT2D eigenvalue weighted by molar-refractivity contribution is -0.138. The summed E-state index contributed by atoms with van der Waals surface area (Å²) in [6.45, 7) is 0. The normalized spacial score (nSPS) is 12.7. The largest absolute Gasteiger partial charge is 0.416 e. The molecule has 124 valence electrons. The monoisotopic (exact) mass is 340 g/mol. The van der Waals surface area contributed by atoms with E-state index in [0.29, 0.717) is 24.3 Å². The molecule has 0 bridgehead atoms. The fourth-order valence-corrected chi connectivity index (χ4v) is 2.02. The summed E-state index contributed by atoms with van der Waals surface area (Å²) in [5.41, 5.74) is -3.39. The van der Waals surface area contributed by atoms with Crippen LogP contribution >= 0.6 is 0 Å². The van der Waals surface area contributed by atoms with Crippen molar-refractivity contribution < 1.29 is 35.1 Å². The Labute approximate surface area is 125 Å². The third-order valence-corrected chi connectivity index (χ3v) is 3.14. The van der Waals surface area contributed by atoms with Gasteiger partial charge in [0.15, 0.2) is 0 Å². The summed E-state index contributed by atoms with van der Waals surface area (Å²) in [7, 11) is 0. The zero-order chi connectivity index (χ0) is 17.4. The van der Waals surface area contributed by atoms with Gasteiger partial charge in [-0.15, -0.1) is 0 Å². The quantitative estimate of drug-likeness (QED) is 0.561. The molecule has 0 spiro atoms. The van der Waals surface area contributed by atoms with Crippen LogP contribution in [-0.4, -0.2) is 0 Å². The Balaban J connectivity index is 2.51. The fourth-order valence-electron chi connectivity index (χ4n) is 2.02. The van der Waals surface area contributed by atoms with E-state index in [4.69, 9.17) is 0 Å². The molecule has 0 nitrogen and oxygen atoms in total. The van der Waals surface area contributed by atoms with Crippen molar-refractivity contribution in [1.82, 2.24) is 0 Å². The summed E-state index contributed by atoms with van der Waals surface area (Å²) in [6.07, 6.45) is -12.6. The summed E-state index contributed by atoms with van der Waals surface area (Å²) in [6, 6.07) is 4.99. The Bertz CT molecular complexity index is 680. The summed E-state index contributed by atoms with van der Waals surface area (Å²) >= 11 is 0. The summed E-state index contributed by atoms with van der Waals surface area (Å²) < 4.78 is 101. The highest BCUT2D eigenvalue weighted by Gasteiger charge is 2.33. The lowest BCUT2D eigenvalue weighted by atomic mass is 9.96. The number of hydrogen-bond donors (Lipinski definition) is 0. The van der Waals surface area contributed by atoms with Crippen molar-refractivity contribution in [2.24, 2.45) is 0 Å². The van der Waals surface area contributed by atoms with Crippen LogP contribution in [0, 0.1) is 0 Å². The molecular formula is C15H8F8. The van der Waals surface area contributed by atoms with E-state index >= 15 is 0 Å². The van der Waals surface area contributed by atoms with Crippen LogP contribution in [0.2, 0.25) is 0 Å². The molecule has 2 rings (SSSR count). The number of hydrogen-bond acceptors (Lipinski definition) is 0. The van der Waals surface area contributed by atoms with Crippen molar-refractivity contribution in [3.8, 4) is 11.1 Å². The van der Waals surface area contributed by atoms with Crippen molar-refractivity contribution in [1.29, 1.82) is 0 Å². The molecule has 0 radical (unpaired) electrons. The fraction of sp³-hybridized carbons (Fsp3) is 0.200. The van der Waals surface area contributed by atoms with Gasteiger partial charge in [-0.25, -0.2) is 8.78 Å². The van der Waals surface area contributed by atoms with E-state index in [9.17, 15) is 35.1 Å². The molecule has 0 aromatic heterocycles. The first-order valence-electron chi connectivity index (χ1n) is 6.17. The highest BCUT2D eigenvalue weighted by molar-refractivity contribution is 5.68. The third-order valence-electron chi connectivity index (χ3n) is 3.14. The van der Waals surface area contributed by atoms with Crippen LogP contribution in [0.15, 0.2) is 42.5 Å². The van der Waals surface area contributed by atoms with E-state index in [0.717, 1.165) is 18.2 Å². The number of alkyl halides is 8. The molecule has 0 saturated carbocycles. The zero-order valence-corrected chi connectivity index (χ0v) is 11.1. The van der Waals surface area contributed by atoms with Crippen LogP contribution in [0.25, 0.3) is 11.1 Å². The van der Waals surface area contributed by atoms with Gasteiger partial charge in [0, 0.05) is 5.56 Å². The van der Waals surface area contributed by atoms with Crippen molar-refractivity contribution in [3.05, 3.63) is 59.2 Å². The van der Waals surface area contributed by atoms with E-state index in [1.807, 2.05) is 0 Å². The van der Waals surface area contributed by atoms with Gasteiger partial charge < -0.3 is 0 Å². The van der Waals surface area contributed by atoms with Crippen LogP contribution < -0.4 is 0 Å². The van der Waals surface area contributed by atoms with Gasteiger partial charge in [0.1, 0.15) is 0 Å². The third kappa shape index (κ3) is 3.80. The van der Waals surface area contributed by atoms with E-state index in [1.54, 1.807) is 0 Å². The SMILES string of the molecule is FC(F)c1cc(C(F)(F)F)ccc1-c1ccc(C(F)(F)F)cc1. The molecule has 0 aliphatic rings. The maximum Gasteiger partial charge on any atom is 0.416 e. The van der Waals surface area contributed by atoms with Crippen LogP contribution in [0.4, 0.5) is 35.1 Å². The van der Waals surface area contributed by atoms with Gasteiger partial charge in [-0.1, -0.05) is 18.2 Å². The molecule has 0 amide bonds. The minimum atomic E-state index is -4.79. The van der Waals surface area contributed by atoms with Gasteiger partial charge in [-0.05, 0) is 35.4 Å². The molecular weight excluding hydrogens is 332 g/mol. The second-order valence-electron chi connectivity index (χ2n) is 4.68. The van der Waals surface area contributed by atoms with Gasteiger partial charge in [-0.2, -0.15) is 26.3 Å². The lowest BCUT2D eigenvalue weighted by Gasteiger charge is -2.14. The number of benzene rings is 2. The Morgan fingerprint density at radius 1 is 0.652 bits per heavy atom. The minimum Gasteiger partial charge on any atom is -0.205 e. The van der Waals surface area contributed by atoms with Crippen LogP contribution in [0.1, 0.15) is 23.1 Å². The Hall–Kier alpha value is -2.12. The second kappa shape index (κ2) is 5.82. The molecule has 0 atom stereocenters. The van der Waals surface area contributed by atoms with Crippen molar-refractivity contribution in [3.63, 3.8) is 0 Å². The Morgan fingerprint density at radius 2 is 1.13 bits per heavy atom. The van der Waals surface area contributed by atoms with Crippen molar-refractivity contribution in [2.45, 2.75) is 18.8 Å². The molecule has 23 heavy (non-hydrogen) atoms. The first kappa shape index (κ1) is 17.2. The standard InChI is InChI=1S/C15H8F8/c16-13(17)12-7-10(15(21,22)23)5-6-11(12)8-1-3-9(4-2-8)14(18,19)20/h1-7,13H. The molecule has 0 N–H and O–H groups in total. The molecule has 2 aromatic rings.